The van der Waals surface area contributed by atoms with E-state index in [2.05, 4.69) is 30.8 Å². The molecule has 11 heavy (non-hydrogen) atoms. The molecule has 0 atom stereocenters. The van der Waals surface area contributed by atoms with Gasteiger partial charge in [0.2, 0.25) is 0 Å². The zero-order chi connectivity index (χ0) is 7.68. The molecule has 0 heterocycles. The first-order valence-electron chi connectivity index (χ1n) is 4.17. The van der Waals surface area contributed by atoms with Gasteiger partial charge in [0, 0.05) is 4.90 Å². The predicted octanol–water partition coefficient (Wildman–Crippen LogP) is 2.85. The molecule has 0 radical (unpaired) electrons. The fourth-order valence-corrected chi connectivity index (χ4v) is 1.95. The van der Waals surface area contributed by atoms with Gasteiger partial charge in [0.15, 0.2) is 0 Å². The zero-order valence-corrected chi connectivity index (χ0v) is 7.40. The minimum absolute atomic E-state index is 1.10. The van der Waals surface area contributed by atoms with Crippen molar-refractivity contribution in [3.05, 3.63) is 29.3 Å². The lowest BCUT2D eigenvalue weighted by Crippen LogP contribution is -2.01. The summed E-state index contributed by atoms with van der Waals surface area (Å²) < 4.78 is 0. The number of rotatable bonds is 0. The number of hydrogen-bond acceptors (Lipinski definition) is 1. The lowest BCUT2D eigenvalue weighted by atomic mass is 9.92. The summed E-state index contributed by atoms with van der Waals surface area (Å²) in [5.41, 5.74) is 3.05. The van der Waals surface area contributed by atoms with Gasteiger partial charge in [-0.15, -0.1) is 12.6 Å². The third-order valence-corrected chi connectivity index (χ3v) is 2.61. The van der Waals surface area contributed by atoms with Crippen molar-refractivity contribution in [1.82, 2.24) is 0 Å². The van der Waals surface area contributed by atoms with Crippen LogP contribution in [0.3, 0.4) is 0 Å². The molecule has 1 heteroatoms. The van der Waals surface area contributed by atoms with Crippen molar-refractivity contribution in [2.24, 2.45) is 0 Å². The van der Waals surface area contributed by atoms with Crippen molar-refractivity contribution in [3.63, 3.8) is 0 Å². The van der Waals surface area contributed by atoms with Crippen LogP contribution in [0.4, 0.5) is 0 Å². The second-order valence-electron chi connectivity index (χ2n) is 3.16. The van der Waals surface area contributed by atoms with E-state index in [1.54, 1.807) is 0 Å². The molecule has 0 amide bonds. The van der Waals surface area contributed by atoms with E-state index in [0.717, 1.165) is 4.90 Å². The fraction of sp³-hybridized carbons (Fsp3) is 0.400. The monoisotopic (exact) mass is 164 g/mol. The molecule has 0 unspecified atom stereocenters. The molecule has 0 aromatic heterocycles. The Morgan fingerprint density at radius 3 is 2.55 bits per heavy atom. The van der Waals surface area contributed by atoms with E-state index in [9.17, 15) is 0 Å². The van der Waals surface area contributed by atoms with Crippen molar-refractivity contribution in [2.45, 2.75) is 30.6 Å². The maximum atomic E-state index is 4.32. The molecule has 1 aliphatic rings. The maximum absolute atomic E-state index is 4.32. The van der Waals surface area contributed by atoms with Crippen LogP contribution >= 0.6 is 12.6 Å². The summed E-state index contributed by atoms with van der Waals surface area (Å²) >= 11 is 4.32. The maximum Gasteiger partial charge on any atom is 0.00429 e. The standard InChI is InChI=1S/C10H12S/c11-10-6-5-8-3-1-2-4-9(8)7-10/h5-7,11H,1-4H2. The highest BCUT2D eigenvalue weighted by molar-refractivity contribution is 7.80. The van der Waals surface area contributed by atoms with Crippen LogP contribution in [-0.2, 0) is 12.8 Å². The first kappa shape index (κ1) is 7.23. The Hall–Kier alpha value is -0.430. The van der Waals surface area contributed by atoms with Crippen molar-refractivity contribution >= 4 is 12.6 Å². The molecule has 0 nitrogen and oxygen atoms in total. The number of hydrogen-bond donors (Lipinski definition) is 1. The minimum atomic E-state index is 1.10. The van der Waals surface area contributed by atoms with E-state index >= 15 is 0 Å². The topological polar surface area (TPSA) is 0 Å². The summed E-state index contributed by atoms with van der Waals surface area (Å²) in [5.74, 6) is 0. The molecular formula is C10H12S. The Morgan fingerprint density at radius 2 is 1.73 bits per heavy atom. The lowest BCUT2D eigenvalue weighted by molar-refractivity contribution is 0.684. The van der Waals surface area contributed by atoms with E-state index in [1.165, 1.54) is 36.8 Å². The molecule has 2 rings (SSSR count). The Balaban J connectivity index is 2.43. The predicted molar refractivity (Wildman–Crippen MR) is 50.3 cm³/mol. The first-order valence-corrected chi connectivity index (χ1v) is 4.62. The van der Waals surface area contributed by atoms with Gasteiger partial charge >= 0.3 is 0 Å². The Bertz CT molecular complexity index is 266. The molecule has 0 N–H and O–H groups in total. The van der Waals surface area contributed by atoms with E-state index in [1.807, 2.05) is 0 Å². The summed E-state index contributed by atoms with van der Waals surface area (Å²) in [6.07, 6.45) is 5.23. The van der Waals surface area contributed by atoms with Crippen LogP contribution in [-0.4, -0.2) is 0 Å². The zero-order valence-electron chi connectivity index (χ0n) is 6.51. The average Bonchev–Trinajstić information content (AvgIpc) is 2.04. The van der Waals surface area contributed by atoms with Crippen LogP contribution in [0, 0.1) is 0 Å². The molecule has 58 valence electrons. The van der Waals surface area contributed by atoms with Crippen molar-refractivity contribution in [1.29, 1.82) is 0 Å². The summed E-state index contributed by atoms with van der Waals surface area (Å²) in [6, 6.07) is 6.52. The van der Waals surface area contributed by atoms with E-state index in [0.29, 0.717) is 0 Å². The van der Waals surface area contributed by atoms with Crippen molar-refractivity contribution in [2.75, 3.05) is 0 Å². The number of benzene rings is 1. The number of thiol groups is 1. The van der Waals surface area contributed by atoms with Gasteiger partial charge in [-0.1, -0.05) is 6.07 Å². The molecule has 0 bridgehead atoms. The first-order chi connectivity index (χ1) is 5.36. The Kier molecular flexibility index (Phi) is 1.91. The van der Waals surface area contributed by atoms with Crippen molar-refractivity contribution < 1.29 is 0 Å². The van der Waals surface area contributed by atoms with Gasteiger partial charge in [-0.2, -0.15) is 0 Å². The molecule has 0 aliphatic heterocycles. The van der Waals surface area contributed by atoms with Crippen LogP contribution < -0.4 is 0 Å². The summed E-state index contributed by atoms with van der Waals surface area (Å²) in [5, 5.41) is 0. The quantitative estimate of drug-likeness (QED) is 0.560. The van der Waals surface area contributed by atoms with Crippen LogP contribution in [0.5, 0.6) is 0 Å². The normalized spacial score (nSPS) is 16.1. The van der Waals surface area contributed by atoms with Gasteiger partial charge in [0.1, 0.15) is 0 Å². The molecule has 0 fully saturated rings. The van der Waals surface area contributed by atoms with Gasteiger partial charge in [-0.25, -0.2) is 0 Å². The molecule has 1 aromatic carbocycles. The third-order valence-electron chi connectivity index (χ3n) is 2.33. The minimum Gasteiger partial charge on any atom is -0.143 e. The van der Waals surface area contributed by atoms with Crippen LogP contribution in [0.25, 0.3) is 0 Å². The fourth-order valence-electron chi connectivity index (χ4n) is 1.72. The van der Waals surface area contributed by atoms with E-state index in [4.69, 9.17) is 0 Å². The second kappa shape index (κ2) is 2.90. The van der Waals surface area contributed by atoms with Crippen molar-refractivity contribution in [3.8, 4) is 0 Å². The van der Waals surface area contributed by atoms with Crippen LogP contribution in [0.1, 0.15) is 24.0 Å². The Labute approximate surface area is 73.0 Å². The van der Waals surface area contributed by atoms with Crippen LogP contribution in [0.2, 0.25) is 0 Å². The average molecular weight is 164 g/mol. The van der Waals surface area contributed by atoms with Crippen LogP contribution in [0.15, 0.2) is 23.1 Å². The molecule has 0 saturated carbocycles. The highest BCUT2D eigenvalue weighted by Crippen LogP contribution is 2.23. The summed E-state index contributed by atoms with van der Waals surface area (Å²) in [6.45, 7) is 0. The second-order valence-corrected chi connectivity index (χ2v) is 3.68. The van der Waals surface area contributed by atoms with Gasteiger partial charge in [-0.3, -0.25) is 0 Å². The molecule has 1 aromatic rings. The smallest absolute Gasteiger partial charge is 0.00429 e. The molecule has 0 saturated heterocycles. The molecule has 1 aliphatic carbocycles. The van der Waals surface area contributed by atoms with Gasteiger partial charge in [-0.05, 0) is 48.9 Å². The molecular weight excluding hydrogens is 152 g/mol. The summed E-state index contributed by atoms with van der Waals surface area (Å²) in [7, 11) is 0. The SMILES string of the molecule is Sc1ccc2c(c1)CCCC2. The number of fused-ring (bicyclic) bond motifs is 1. The largest absolute Gasteiger partial charge is 0.143 e. The third kappa shape index (κ3) is 1.43. The lowest BCUT2D eigenvalue weighted by Gasteiger charge is -2.15. The Morgan fingerprint density at radius 1 is 1.00 bits per heavy atom. The highest BCUT2D eigenvalue weighted by atomic mass is 32.1. The highest BCUT2D eigenvalue weighted by Gasteiger charge is 2.07. The summed E-state index contributed by atoms with van der Waals surface area (Å²) in [4.78, 5) is 1.10. The van der Waals surface area contributed by atoms with E-state index < -0.39 is 0 Å². The van der Waals surface area contributed by atoms with Gasteiger partial charge in [0.05, 0.1) is 0 Å². The van der Waals surface area contributed by atoms with Gasteiger partial charge < -0.3 is 0 Å². The molecule has 0 spiro atoms. The number of aryl methyl sites for hydroxylation is 2. The van der Waals surface area contributed by atoms with Gasteiger partial charge in [0.25, 0.3) is 0 Å². The van der Waals surface area contributed by atoms with E-state index in [-0.39, 0.29) is 0 Å².